The third kappa shape index (κ3) is 3.07. The van der Waals surface area contributed by atoms with Gasteiger partial charge in [-0.15, -0.1) is 0 Å². The van der Waals surface area contributed by atoms with Crippen LogP contribution in [0, 0.1) is 5.41 Å². The molecule has 2 atom stereocenters. The van der Waals surface area contributed by atoms with Gasteiger partial charge in [-0.1, -0.05) is 0 Å². The van der Waals surface area contributed by atoms with Gasteiger partial charge in [0.2, 0.25) is 11.8 Å². The smallest absolute Gasteiger partial charge is 0.241 e. The Morgan fingerprint density at radius 3 is 2.62 bits per heavy atom. The Morgan fingerprint density at radius 1 is 1.38 bits per heavy atom. The molecule has 0 aliphatic carbocycles. The van der Waals surface area contributed by atoms with E-state index in [1.807, 2.05) is 4.90 Å². The Bertz CT molecular complexity index is 459. The van der Waals surface area contributed by atoms with Crippen LogP contribution in [0.1, 0.15) is 12.8 Å². The predicted octanol–water partition coefficient (Wildman–Crippen LogP) is -1.78. The molecule has 2 amide bonds. The quantitative estimate of drug-likeness (QED) is 0.397. The zero-order valence-corrected chi connectivity index (χ0v) is 12.8. The first-order valence-corrected chi connectivity index (χ1v) is 7.72. The van der Waals surface area contributed by atoms with E-state index in [1.54, 1.807) is 0 Å². The van der Waals surface area contributed by atoms with Crippen LogP contribution < -0.4 is 11.5 Å². The van der Waals surface area contributed by atoms with Crippen LogP contribution in [-0.4, -0.2) is 71.9 Å². The average molecular weight is 314 g/mol. The lowest BCUT2D eigenvalue weighted by Crippen LogP contribution is -2.71. The van der Waals surface area contributed by atoms with Crippen LogP contribution in [0.25, 0.3) is 0 Å². The molecule has 2 saturated heterocycles. The Morgan fingerprint density at radius 2 is 2.10 bits per heavy atom. The number of nitrogens with two attached hydrogens (primary N) is 2. The van der Waals surface area contributed by atoms with Crippen molar-refractivity contribution >= 4 is 30.2 Å². The van der Waals surface area contributed by atoms with E-state index in [2.05, 4.69) is 12.6 Å². The van der Waals surface area contributed by atoms with Crippen molar-refractivity contribution in [1.29, 1.82) is 0 Å². The summed E-state index contributed by atoms with van der Waals surface area (Å²) in [5, 5.41) is 0. The van der Waals surface area contributed by atoms with Gasteiger partial charge in [-0.3, -0.25) is 19.3 Å². The predicted molar refractivity (Wildman–Crippen MR) is 80.7 cm³/mol. The summed E-state index contributed by atoms with van der Waals surface area (Å²) >= 11 is 4.09. The minimum Gasteiger partial charge on any atom is -0.368 e. The molecule has 118 valence electrons. The minimum absolute atomic E-state index is 0.0208. The van der Waals surface area contributed by atoms with Crippen LogP contribution >= 0.6 is 12.6 Å². The number of likely N-dealkylation sites (tertiary alicyclic amines) is 2. The van der Waals surface area contributed by atoms with Crippen LogP contribution in [0.4, 0.5) is 0 Å². The zero-order chi connectivity index (χ0) is 15.6. The number of nitrogens with zero attached hydrogens (tertiary/aromatic N) is 2. The number of carbonyl (C=O) groups excluding carboxylic acids is 3. The minimum atomic E-state index is -0.646. The molecule has 0 saturated carbocycles. The van der Waals surface area contributed by atoms with E-state index in [4.69, 9.17) is 11.5 Å². The monoisotopic (exact) mass is 314 g/mol. The van der Waals surface area contributed by atoms with E-state index < -0.39 is 17.4 Å². The summed E-state index contributed by atoms with van der Waals surface area (Å²) in [7, 11) is 0. The molecule has 2 aliphatic rings. The van der Waals surface area contributed by atoms with Crippen LogP contribution in [0.5, 0.6) is 0 Å². The number of β-lactam (4-membered cyclic amide) rings is 1. The molecule has 1 spiro atoms. The molecule has 0 aromatic heterocycles. The van der Waals surface area contributed by atoms with Crippen molar-refractivity contribution in [3.05, 3.63) is 0 Å². The second-order valence-corrected chi connectivity index (χ2v) is 6.24. The lowest BCUT2D eigenvalue weighted by atomic mass is 9.71. The first-order chi connectivity index (χ1) is 9.93. The molecule has 21 heavy (non-hydrogen) atoms. The number of Topliss-reactive ketones (excluding diaryl/α,β-unsaturated/α-hetero) is 1. The van der Waals surface area contributed by atoms with Gasteiger partial charge < -0.3 is 16.4 Å². The topological polar surface area (TPSA) is 110 Å². The Balaban J connectivity index is 2.00. The van der Waals surface area contributed by atoms with Crippen LogP contribution in [-0.2, 0) is 14.4 Å². The van der Waals surface area contributed by atoms with Crippen LogP contribution in [0.3, 0.4) is 0 Å². The highest BCUT2D eigenvalue weighted by Gasteiger charge is 2.56. The highest BCUT2D eigenvalue weighted by molar-refractivity contribution is 7.80. The van der Waals surface area contributed by atoms with Crippen molar-refractivity contribution in [3.8, 4) is 0 Å². The number of hydrogen-bond donors (Lipinski definition) is 3. The van der Waals surface area contributed by atoms with Gasteiger partial charge in [0, 0.05) is 18.8 Å². The summed E-state index contributed by atoms with van der Waals surface area (Å²) in [5.41, 5.74) is 10.2. The summed E-state index contributed by atoms with van der Waals surface area (Å²) in [4.78, 5) is 38.8. The van der Waals surface area contributed by atoms with Gasteiger partial charge in [0.05, 0.1) is 18.5 Å². The molecule has 8 heteroatoms. The molecule has 2 heterocycles. The molecular formula is C13H22N4O3S. The maximum absolute atomic E-state index is 12.5. The molecule has 2 aliphatic heterocycles. The molecule has 0 bridgehead atoms. The number of rotatable bonds is 6. The maximum atomic E-state index is 12.5. The number of carbonyl (C=O) groups is 3. The van der Waals surface area contributed by atoms with Crippen molar-refractivity contribution in [2.24, 2.45) is 16.9 Å². The molecule has 7 nitrogen and oxygen atoms in total. The second kappa shape index (κ2) is 6.33. The fraction of sp³-hybridized carbons (Fsp3) is 0.769. The van der Waals surface area contributed by atoms with E-state index in [0.717, 1.165) is 19.4 Å². The zero-order valence-electron chi connectivity index (χ0n) is 12.0. The molecule has 4 N–H and O–H groups in total. The number of thiol groups is 1. The van der Waals surface area contributed by atoms with Crippen molar-refractivity contribution in [3.63, 3.8) is 0 Å². The standard InChI is InChI=1S/C13H22N4O3S/c14-4-9(18)5-16-3-1-2-13(7-16)8-17(12(13)20)10(6-21)11(15)19/h10,21H,1-8,14H2,(H2,15,19). The highest BCUT2D eigenvalue weighted by Crippen LogP contribution is 2.41. The molecular weight excluding hydrogens is 292 g/mol. The summed E-state index contributed by atoms with van der Waals surface area (Å²) in [6.45, 7) is 2.16. The van der Waals surface area contributed by atoms with Gasteiger partial charge in [0.15, 0.2) is 5.78 Å². The van der Waals surface area contributed by atoms with Gasteiger partial charge in [-0.2, -0.15) is 12.6 Å². The average Bonchev–Trinajstić information content (AvgIpc) is 2.46. The number of piperidine rings is 1. The first kappa shape index (κ1) is 16.3. The molecule has 0 aromatic rings. The third-order valence-corrected chi connectivity index (χ3v) is 4.69. The van der Waals surface area contributed by atoms with Crippen molar-refractivity contribution in [2.45, 2.75) is 18.9 Å². The van der Waals surface area contributed by atoms with Gasteiger partial charge in [0.1, 0.15) is 6.04 Å². The Kier molecular flexibility index (Phi) is 4.90. The summed E-state index contributed by atoms with van der Waals surface area (Å²) in [6.07, 6.45) is 1.65. The SMILES string of the molecule is NCC(=O)CN1CCCC2(C1)CN(C(CS)C(N)=O)C2=O. The Labute approximate surface area is 129 Å². The Hall–Kier alpha value is -1.12. The largest absolute Gasteiger partial charge is 0.368 e. The van der Waals surface area contributed by atoms with Crippen LogP contribution in [0.2, 0.25) is 0 Å². The first-order valence-electron chi connectivity index (χ1n) is 7.09. The highest BCUT2D eigenvalue weighted by atomic mass is 32.1. The van der Waals surface area contributed by atoms with Crippen LogP contribution in [0.15, 0.2) is 0 Å². The fourth-order valence-electron chi connectivity index (χ4n) is 3.25. The fourth-order valence-corrected chi connectivity index (χ4v) is 3.63. The normalized spacial score (nSPS) is 27.5. The second-order valence-electron chi connectivity index (χ2n) is 5.87. The lowest BCUT2D eigenvalue weighted by Gasteiger charge is -2.54. The van der Waals surface area contributed by atoms with Crippen molar-refractivity contribution in [1.82, 2.24) is 9.80 Å². The van der Waals surface area contributed by atoms with Crippen molar-refractivity contribution in [2.75, 3.05) is 38.5 Å². The van der Waals surface area contributed by atoms with Gasteiger partial charge in [-0.25, -0.2) is 0 Å². The van der Waals surface area contributed by atoms with Gasteiger partial charge >= 0.3 is 0 Å². The molecule has 2 fully saturated rings. The third-order valence-electron chi connectivity index (χ3n) is 4.35. The van der Waals surface area contributed by atoms with E-state index >= 15 is 0 Å². The molecule has 0 radical (unpaired) electrons. The number of amides is 2. The molecule has 0 aromatic carbocycles. The molecule has 2 rings (SSSR count). The number of primary amides is 1. The van der Waals surface area contributed by atoms with E-state index in [1.165, 1.54) is 4.90 Å². The van der Waals surface area contributed by atoms with Gasteiger partial charge in [-0.05, 0) is 19.4 Å². The molecule has 2 unspecified atom stereocenters. The number of ketones is 1. The van der Waals surface area contributed by atoms with E-state index in [0.29, 0.717) is 13.1 Å². The summed E-state index contributed by atoms with van der Waals surface area (Å²) in [5.74, 6) is -0.377. The number of hydrogen-bond acceptors (Lipinski definition) is 6. The van der Waals surface area contributed by atoms with E-state index in [9.17, 15) is 14.4 Å². The van der Waals surface area contributed by atoms with Crippen molar-refractivity contribution < 1.29 is 14.4 Å². The summed E-state index contributed by atoms with van der Waals surface area (Å²) in [6, 6.07) is -0.646. The van der Waals surface area contributed by atoms with E-state index in [-0.39, 0.29) is 30.5 Å². The maximum Gasteiger partial charge on any atom is 0.241 e. The summed E-state index contributed by atoms with van der Waals surface area (Å²) < 4.78 is 0. The lowest BCUT2D eigenvalue weighted by molar-refractivity contribution is -0.172. The van der Waals surface area contributed by atoms with Gasteiger partial charge in [0.25, 0.3) is 0 Å².